The average molecular weight is 435 g/mol. The van der Waals surface area contributed by atoms with E-state index in [0.717, 1.165) is 50.9 Å². The zero-order chi connectivity index (χ0) is 15.6. The average Bonchev–Trinajstić information content (AvgIpc) is 3.05. The summed E-state index contributed by atoms with van der Waals surface area (Å²) in [4.78, 5) is 9.17. The van der Waals surface area contributed by atoms with Crippen molar-refractivity contribution in [2.75, 3.05) is 39.8 Å². The van der Waals surface area contributed by atoms with Crippen LogP contribution in [0.2, 0.25) is 0 Å². The first-order valence-corrected chi connectivity index (χ1v) is 8.40. The summed E-state index contributed by atoms with van der Waals surface area (Å²) in [7, 11) is 1.87. The molecule has 1 aromatic rings. The second-order valence-corrected chi connectivity index (χ2v) is 5.79. The minimum atomic E-state index is 0. The highest BCUT2D eigenvalue weighted by atomic mass is 127. The van der Waals surface area contributed by atoms with Crippen LogP contribution in [0, 0.1) is 0 Å². The van der Waals surface area contributed by atoms with Gasteiger partial charge in [0.1, 0.15) is 6.26 Å². The van der Waals surface area contributed by atoms with Gasteiger partial charge in [-0.05, 0) is 6.42 Å². The summed E-state index contributed by atoms with van der Waals surface area (Å²) in [6.45, 7) is 8.20. The third-order valence-electron chi connectivity index (χ3n) is 4.07. The van der Waals surface area contributed by atoms with Crippen LogP contribution in [0.5, 0.6) is 0 Å². The van der Waals surface area contributed by atoms with E-state index in [4.69, 9.17) is 4.52 Å². The highest BCUT2D eigenvalue weighted by Crippen LogP contribution is 2.07. The fourth-order valence-corrected chi connectivity index (χ4v) is 2.75. The molecule has 0 aromatic carbocycles. The van der Waals surface area contributed by atoms with E-state index >= 15 is 0 Å². The third kappa shape index (κ3) is 7.07. The summed E-state index contributed by atoms with van der Waals surface area (Å²) < 4.78 is 4.89. The highest BCUT2D eigenvalue weighted by Gasteiger charge is 2.19. The number of unbranched alkanes of at least 4 members (excludes halogenated alkanes) is 3. The molecule has 1 saturated heterocycles. The molecule has 1 aliphatic heterocycles. The van der Waals surface area contributed by atoms with E-state index in [1.807, 2.05) is 13.1 Å². The Morgan fingerprint density at radius 3 is 2.65 bits per heavy atom. The largest absolute Gasteiger partial charge is 0.364 e. The van der Waals surface area contributed by atoms with Gasteiger partial charge in [0, 0.05) is 52.4 Å². The standard InChI is InChI=1S/C16H29N5O.HI/c1-3-4-5-6-8-18-16(17-2)21-11-9-20(10-12-21)14-15-7-13-22-19-15;/h7,13H,3-6,8-12,14H2,1-2H3,(H,17,18);1H. The maximum absolute atomic E-state index is 4.89. The second-order valence-electron chi connectivity index (χ2n) is 5.79. The molecule has 2 heterocycles. The van der Waals surface area contributed by atoms with E-state index in [1.54, 1.807) is 6.26 Å². The van der Waals surface area contributed by atoms with Crippen LogP contribution in [0.1, 0.15) is 38.3 Å². The molecule has 0 bridgehead atoms. The van der Waals surface area contributed by atoms with Crippen LogP contribution in [0.15, 0.2) is 21.8 Å². The van der Waals surface area contributed by atoms with E-state index in [9.17, 15) is 0 Å². The maximum atomic E-state index is 4.89. The van der Waals surface area contributed by atoms with Gasteiger partial charge in [-0.1, -0.05) is 31.3 Å². The minimum absolute atomic E-state index is 0. The van der Waals surface area contributed by atoms with E-state index in [0.29, 0.717) is 0 Å². The van der Waals surface area contributed by atoms with Crippen molar-refractivity contribution in [1.82, 2.24) is 20.3 Å². The van der Waals surface area contributed by atoms with Crippen LogP contribution in [0.4, 0.5) is 0 Å². The van der Waals surface area contributed by atoms with Gasteiger partial charge >= 0.3 is 0 Å². The zero-order valence-corrected chi connectivity index (χ0v) is 16.7. The van der Waals surface area contributed by atoms with Crippen molar-refractivity contribution < 1.29 is 4.52 Å². The van der Waals surface area contributed by atoms with Gasteiger partial charge in [0.05, 0.1) is 5.69 Å². The van der Waals surface area contributed by atoms with Crippen LogP contribution in [-0.2, 0) is 6.54 Å². The molecule has 0 atom stereocenters. The van der Waals surface area contributed by atoms with Crippen molar-refractivity contribution in [3.63, 3.8) is 0 Å². The molecule has 2 rings (SSSR count). The van der Waals surface area contributed by atoms with E-state index in [1.165, 1.54) is 25.7 Å². The summed E-state index contributed by atoms with van der Waals surface area (Å²) >= 11 is 0. The van der Waals surface area contributed by atoms with E-state index in [2.05, 4.69) is 32.2 Å². The Balaban J connectivity index is 0.00000264. The van der Waals surface area contributed by atoms with Crippen LogP contribution < -0.4 is 5.32 Å². The molecular weight excluding hydrogens is 405 g/mol. The Bertz CT molecular complexity index is 430. The maximum Gasteiger partial charge on any atom is 0.193 e. The second kappa shape index (κ2) is 11.7. The molecule has 6 nitrogen and oxygen atoms in total. The van der Waals surface area contributed by atoms with Gasteiger partial charge in [-0.25, -0.2) is 0 Å². The van der Waals surface area contributed by atoms with Gasteiger partial charge in [0.2, 0.25) is 0 Å². The van der Waals surface area contributed by atoms with Crippen LogP contribution in [-0.4, -0.2) is 60.7 Å². The quantitative estimate of drug-likeness (QED) is 0.309. The first kappa shape index (κ1) is 20.2. The number of rotatable bonds is 7. The molecule has 1 fully saturated rings. The molecule has 23 heavy (non-hydrogen) atoms. The molecule has 0 amide bonds. The summed E-state index contributed by atoms with van der Waals surface area (Å²) in [6, 6.07) is 1.93. The summed E-state index contributed by atoms with van der Waals surface area (Å²) in [5, 5.41) is 7.47. The number of aliphatic imine (C=N–C) groups is 1. The Kier molecular flexibility index (Phi) is 10.3. The predicted octanol–water partition coefficient (Wildman–Crippen LogP) is 2.57. The van der Waals surface area contributed by atoms with Crippen molar-refractivity contribution in [2.24, 2.45) is 4.99 Å². The smallest absolute Gasteiger partial charge is 0.193 e. The number of nitrogens with one attached hydrogen (secondary N) is 1. The SMILES string of the molecule is CCCCCCNC(=NC)N1CCN(Cc2ccon2)CC1.I. The summed E-state index contributed by atoms with van der Waals surface area (Å²) in [6.07, 6.45) is 6.75. The molecule has 7 heteroatoms. The lowest BCUT2D eigenvalue weighted by atomic mass is 10.2. The number of aromatic nitrogens is 1. The molecule has 1 N–H and O–H groups in total. The zero-order valence-electron chi connectivity index (χ0n) is 14.3. The van der Waals surface area contributed by atoms with E-state index < -0.39 is 0 Å². The highest BCUT2D eigenvalue weighted by molar-refractivity contribution is 14.0. The normalized spacial score (nSPS) is 16.3. The molecule has 0 unspecified atom stereocenters. The fraction of sp³-hybridized carbons (Fsp3) is 0.750. The molecule has 0 aliphatic carbocycles. The number of halogens is 1. The lowest BCUT2D eigenvalue weighted by Gasteiger charge is -2.36. The Labute approximate surface area is 156 Å². The Morgan fingerprint density at radius 1 is 1.26 bits per heavy atom. The number of piperazine rings is 1. The fourth-order valence-electron chi connectivity index (χ4n) is 2.75. The van der Waals surface area contributed by atoms with Crippen molar-refractivity contribution in [3.05, 3.63) is 18.0 Å². The number of guanidine groups is 1. The van der Waals surface area contributed by atoms with Gasteiger partial charge < -0.3 is 14.7 Å². The Morgan fingerprint density at radius 2 is 2.04 bits per heavy atom. The van der Waals surface area contributed by atoms with E-state index in [-0.39, 0.29) is 24.0 Å². The first-order chi connectivity index (χ1) is 10.8. The van der Waals surface area contributed by atoms with Crippen LogP contribution >= 0.6 is 24.0 Å². The minimum Gasteiger partial charge on any atom is -0.364 e. The van der Waals surface area contributed by atoms with Gasteiger partial charge in [-0.2, -0.15) is 0 Å². The summed E-state index contributed by atoms with van der Waals surface area (Å²) in [5.41, 5.74) is 1.01. The predicted molar refractivity (Wildman–Crippen MR) is 104 cm³/mol. The van der Waals surface area contributed by atoms with Gasteiger partial charge in [-0.3, -0.25) is 9.89 Å². The van der Waals surface area contributed by atoms with Crippen molar-refractivity contribution >= 4 is 29.9 Å². The van der Waals surface area contributed by atoms with Crippen molar-refractivity contribution in [1.29, 1.82) is 0 Å². The lowest BCUT2D eigenvalue weighted by molar-refractivity contribution is 0.169. The monoisotopic (exact) mass is 435 g/mol. The number of hydrogen-bond acceptors (Lipinski definition) is 4. The molecule has 1 aromatic heterocycles. The van der Waals surface area contributed by atoms with Crippen molar-refractivity contribution in [3.8, 4) is 0 Å². The number of hydrogen-bond donors (Lipinski definition) is 1. The van der Waals surface area contributed by atoms with Gasteiger partial charge in [0.25, 0.3) is 0 Å². The molecule has 0 saturated carbocycles. The lowest BCUT2D eigenvalue weighted by Crippen LogP contribution is -2.52. The Hall–Kier alpha value is -0.830. The molecule has 0 radical (unpaired) electrons. The topological polar surface area (TPSA) is 56.9 Å². The molecule has 132 valence electrons. The third-order valence-corrected chi connectivity index (χ3v) is 4.07. The number of nitrogens with zero attached hydrogens (tertiary/aromatic N) is 4. The van der Waals surface area contributed by atoms with Gasteiger partial charge in [-0.15, -0.1) is 24.0 Å². The van der Waals surface area contributed by atoms with Crippen LogP contribution in [0.3, 0.4) is 0 Å². The molecule has 1 aliphatic rings. The first-order valence-electron chi connectivity index (χ1n) is 8.40. The molecule has 0 spiro atoms. The van der Waals surface area contributed by atoms with Gasteiger partial charge in [0.15, 0.2) is 5.96 Å². The summed E-state index contributed by atoms with van der Waals surface area (Å²) in [5.74, 6) is 1.04. The van der Waals surface area contributed by atoms with Crippen molar-refractivity contribution in [2.45, 2.75) is 39.2 Å². The molecular formula is C16H30IN5O. The van der Waals surface area contributed by atoms with Crippen LogP contribution in [0.25, 0.3) is 0 Å².